The number of sulfonamides is 1. The van der Waals surface area contributed by atoms with E-state index in [1.165, 1.54) is 72.9 Å². The third-order valence-corrected chi connectivity index (χ3v) is 6.30. The van der Waals surface area contributed by atoms with Gasteiger partial charge in [0.15, 0.2) is 0 Å². The van der Waals surface area contributed by atoms with Crippen LogP contribution in [-0.4, -0.2) is 43.1 Å². The lowest BCUT2D eigenvalue weighted by Crippen LogP contribution is -2.39. The van der Waals surface area contributed by atoms with Crippen LogP contribution in [0, 0.1) is 10.1 Å². The van der Waals surface area contributed by atoms with E-state index >= 15 is 0 Å². The zero-order valence-electron chi connectivity index (χ0n) is 17.4. The number of benzene rings is 3. The Morgan fingerprint density at radius 3 is 2.24 bits per heavy atom. The fourth-order valence-corrected chi connectivity index (χ4v) is 4.36. The number of carboxylic acid groups (broad SMARTS) is 1. The average molecular weight is 482 g/mol. The molecule has 0 saturated carbocycles. The molecule has 34 heavy (non-hydrogen) atoms. The van der Waals surface area contributed by atoms with Crippen molar-refractivity contribution in [1.29, 1.82) is 0 Å². The summed E-state index contributed by atoms with van der Waals surface area (Å²) in [6, 6.07) is 18.1. The molecule has 3 rings (SSSR count). The number of hydrogen-bond acceptors (Lipinski definition) is 7. The van der Waals surface area contributed by atoms with Crippen LogP contribution in [0.5, 0.6) is 0 Å². The highest BCUT2D eigenvalue weighted by Crippen LogP contribution is 2.31. The highest BCUT2D eigenvalue weighted by molar-refractivity contribution is 7.92. The lowest BCUT2D eigenvalue weighted by atomic mass is 10.1. The van der Waals surface area contributed by atoms with Gasteiger partial charge in [0.05, 0.1) is 21.6 Å². The quantitative estimate of drug-likeness (QED) is 0.269. The molecular formula is C22H18N4O7S. The SMILES string of the molecule is O=C(CN(c1ccccc1[N+](=O)[O-])S(=O)(=O)c1ccccc1)N/N=C/c1ccc(C(=O)O)cc1. The van der Waals surface area contributed by atoms with E-state index in [4.69, 9.17) is 5.11 Å². The van der Waals surface area contributed by atoms with E-state index in [1.807, 2.05) is 0 Å². The molecule has 0 aliphatic rings. The van der Waals surface area contributed by atoms with Crippen molar-refractivity contribution < 1.29 is 28.0 Å². The smallest absolute Gasteiger partial charge is 0.335 e. The van der Waals surface area contributed by atoms with Gasteiger partial charge in [0.25, 0.3) is 21.6 Å². The monoisotopic (exact) mass is 482 g/mol. The minimum atomic E-state index is -4.33. The highest BCUT2D eigenvalue weighted by atomic mass is 32.2. The van der Waals surface area contributed by atoms with E-state index in [1.54, 1.807) is 6.07 Å². The number of para-hydroxylation sites is 2. The minimum Gasteiger partial charge on any atom is -0.478 e. The Morgan fingerprint density at radius 2 is 1.62 bits per heavy atom. The standard InChI is InChI=1S/C22H18N4O7S/c27-21(24-23-14-16-10-12-17(13-11-16)22(28)29)15-25(19-8-4-5-9-20(19)26(30)31)34(32,33)18-6-2-1-3-7-18/h1-14H,15H2,(H,24,27)(H,28,29)/b23-14+. The van der Waals surface area contributed by atoms with Crippen molar-refractivity contribution in [2.75, 3.05) is 10.8 Å². The molecule has 3 aromatic carbocycles. The zero-order chi connectivity index (χ0) is 24.7. The Hall–Kier alpha value is -4.58. The largest absolute Gasteiger partial charge is 0.478 e. The summed E-state index contributed by atoms with van der Waals surface area (Å²) in [6.07, 6.45) is 1.24. The number of carbonyl (C=O) groups is 2. The maximum atomic E-state index is 13.3. The first-order chi connectivity index (χ1) is 16.2. The molecule has 0 aromatic heterocycles. The van der Waals surface area contributed by atoms with Crippen molar-refractivity contribution in [3.8, 4) is 0 Å². The van der Waals surface area contributed by atoms with Crippen LogP contribution in [-0.2, 0) is 14.8 Å². The third kappa shape index (κ3) is 5.61. The number of nitro groups is 1. The number of hydrazone groups is 1. The van der Waals surface area contributed by atoms with Crippen LogP contribution < -0.4 is 9.73 Å². The Balaban J connectivity index is 1.86. The van der Waals surface area contributed by atoms with E-state index in [9.17, 15) is 28.1 Å². The number of nitro benzene ring substituents is 1. The van der Waals surface area contributed by atoms with Crippen molar-refractivity contribution in [3.05, 3.63) is 100 Å². The fraction of sp³-hybridized carbons (Fsp3) is 0.0455. The summed E-state index contributed by atoms with van der Waals surface area (Å²) in [5, 5.41) is 24.2. The molecule has 0 saturated heterocycles. The predicted octanol–water partition coefficient (Wildman–Crippen LogP) is 2.64. The molecule has 12 heteroatoms. The van der Waals surface area contributed by atoms with Gasteiger partial charge in [-0.1, -0.05) is 42.5 Å². The number of anilines is 1. The molecule has 0 aliphatic heterocycles. The number of hydrogen-bond donors (Lipinski definition) is 2. The van der Waals surface area contributed by atoms with Crippen molar-refractivity contribution in [2.45, 2.75) is 4.90 Å². The third-order valence-electron chi connectivity index (χ3n) is 4.53. The summed E-state index contributed by atoms with van der Waals surface area (Å²) >= 11 is 0. The van der Waals surface area contributed by atoms with Gasteiger partial charge in [-0.3, -0.25) is 14.9 Å². The molecule has 0 unspecified atom stereocenters. The van der Waals surface area contributed by atoms with E-state index in [0.29, 0.717) is 9.87 Å². The molecule has 3 aromatic rings. The van der Waals surface area contributed by atoms with Crippen molar-refractivity contribution in [3.63, 3.8) is 0 Å². The van der Waals surface area contributed by atoms with Gasteiger partial charge in [-0.25, -0.2) is 22.9 Å². The van der Waals surface area contributed by atoms with Crippen LogP contribution in [0.15, 0.2) is 88.9 Å². The first kappa shape index (κ1) is 24.1. The topological polar surface area (TPSA) is 159 Å². The van der Waals surface area contributed by atoms with E-state index in [2.05, 4.69) is 10.5 Å². The summed E-state index contributed by atoms with van der Waals surface area (Å²) in [7, 11) is -4.33. The van der Waals surface area contributed by atoms with Crippen LogP contribution in [0.4, 0.5) is 11.4 Å². The number of rotatable bonds is 9. The highest BCUT2D eigenvalue weighted by Gasteiger charge is 2.31. The van der Waals surface area contributed by atoms with Gasteiger partial charge in [-0.15, -0.1) is 0 Å². The summed E-state index contributed by atoms with van der Waals surface area (Å²) in [6.45, 7) is -0.780. The first-order valence-corrected chi connectivity index (χ1v) is 11.1. The molecule has 0 heterocycles. The number of amides is 1. The van der Waals surface area contributed by atoms with Crippen molar-refractivity contribution >= 4 is 39.5 Å². The number of carboxylic acids is 1. The van der Waals surface area contributed by atoms with Crippen molar-refractivity contribution in [1.82, 2.24) is 5.43 Å². The summed E-state index contributed by atoms with van der Waals surface area (Å²) < 4.78 is 27.2. The second-order valence-corrected chi connectivity index (χ2v) is 8.65. The molecule has 11 nitrogen and oxygen atoms in total. The Labute approximate surface area is 194 Å². The van der Waals surface area contributed by atoms with Crippen LogP contribution >= 0.6 is 0 Å². The van der Waals surface area contributed by atoms with E-state index < -0.39 is 39.1 Å². The Morgan fingerprint density at radius 1 is 1.00 bits per heavy atom. The molecule has 0 bridgehead atoms. The number of nitrogens with zero attached hydrogens (tertiary/aromatic N) is 3. The van der Waals surface area contributed by atoms with Crippen LogP contribution in [0.2, 0.25) is 0 Å². The molecule has 0 spiro atoms. The minimum absolute atomic E-state index is 0.0763. The Kier molecular flexibility index (Phi) is 7.33. The average Bonchev–Trinajstić information content (AvgIpc) is 2.83. The second kappa shape index (κ2) is 10.4. The summed E-state index contributed by atoms with van der Waals surface area (Å²) in [5.74, 6) is -1.94. The van der Waals surface area contributed by atoms with Gasteiger partial charge in [-0.05, 0) is 35.9 Å². The van der Waals surface area contributed by atoms with E-state index in [0.717, 1.165) is 6.07 Å². The Bertz CT molecular complexity index is 1340. The van der Waals surface area contributed by atoms with Crippen LogP contribution in [0.1, 0.15) is 15.9 Å². The number of nitrogens with one attached hydrogen (secondary N) is 1. The predicted molar refractivity (Wildman–Crippen MR) is 123 cm³/mol. The zero-order valence-corrected chi connectivity index (χ0v) is 18.3. The number of carbonyl (C=O) groups excluding carboxylic acids is 1. The fourth-order valence-electron chi connectivity index (χ4n) is 2.91. The summed E-state index contributed by atoms with van der Waals surface area (Å²) in [4.78, 5) is 34.0. The maximum absolute atomic E-state index is 13.3. The van der Waals surface area contributed by atoms with Gasteiger partial charge in [0, 0.05) is 6.07 Å². The molecule has 174 valence electrons. The summed E-state index contributed by atoms with van der Waals surface area (Å²) in [5.41, 5.74) is 1.97. The molecule has 2 N–H and O–H groups in total. The lowest BCUT2D eigenvalue weighted by molar-refractivity contribution is -0.384. The molecule has 1 amide bonds. The van der Waals surface area contributed by atoms with E-state index in [-0.39, 0.29) is 16.1 Å². The molecule has 0 fully saturated rings. The van der Waals surface area contributed by atoms with Crippen LogP contribution in [0.3, 0.4) is 0 Å². The molecular weight excluding hydrogens is 464 g/mol. The molecule has 0 aliphatic carbocycles. The number of aromatic carboxylic acids is 1. The first-order valence-electron chi connectivity index (χ1n) is 9.66. The van der Waals surface area contributed by atoms with Gasteiger partial charge in [0.1, 0.15) is 12.2 Å². The maximum Gasteiger partial charge on any atom is 0.335 e. The van der Waals surface area contributed by atoms with Gasteiger partial charge >= 0.3 is 5.97 Å². The van der Waals surface area contributed by atoms with Crippen LogP contribution in [0.25, 0.3) is 0 Å². The lowest BCUT2D eigenvalue weighted by Gasteiger charge is -2.23. The molecule has 0 atom stereocenters. The van der Waals surface area contributed by atoms with Crippen molar-refractivity contribution in [2.24, 2.45) is 5.10 Å². The van der Waals surface area contributed by atoms with Gasteiger partial charge in [0.2, 0.25) is 0 Å². The second-order valence-electron chi connectivity index (χ2n) is 6.79. The molecule has 0 radical (unpaired) electrons. The normalized spacial score (nSPS) is 11.2. The van der Waals surface area contributed by atoms with Gasteiger partial charge < -0.3 is 5.11 Å². The van der Waals surface area contributed by atoms with Gasteiger partial charge in [-0.2, -0.15) is 5.10 Å².